The average Bonchev–Trinajstić information content (AvgIpc) is 2.69. The summed E-state index contributed by atoms with van der Waals surface area (Å²) in [4.78, 5) is 15.6. The molecule has 0 aliphatic heterocycles. The number of benzene rings is 1. The lowest BCUT2D eigenvalue weighted by Gasteiger charge is -2.00. The first-order chi connectivity index (χ1) is 7.79. The number of thiazole rings is 1. The highest BCUT2D eigenvalue weighted by Crippen LogP contribution is 2.21. The number of amides is 1. The van der Waals surface area contributed by atoms with Crippen molar-refractivity contribution in [1.29, 1.82) is 0 Å². The van der Waals surface area contributed by atoms with Gasteiger partial charge in [0.1, 0.15) is 5.01 Å². The molecule has 0 bridgehead atoms. The molecule has 2 aromatic rings. The number of nitrogens with one attached hydrogen (secondary N) is 1. The normalized spacial score (nSPS) is 9.94. The van der Waals surface area contributed by atoms with Gasteiger partial charge in [-0.3, -0.25) is 4.79 Å². The van der Waals surface area contributed by atoms with Crippen molar-refractivity contribution < 1.29 is 4.79 Å². The summed E-state index contributed by atoms with van der Waals surface area (Å²) in [6.45, 7) is 0.865. The van der Waals surface area contributed by atoms with Gasteiger partial charge in [-0.05, 0) is 12.1 Å². The Bertz CT molecular complexity index is 467. The maximum absolute atomic E-state index is 11.2. The van der Waals surface area contributed by atoms with E-state index in [1.165, 1.54) is 0 Å². The number of hydrogen-bond donors (Lipinski definition) is 2. The number of carbonyl (C=O) groups excluding carboxylic acids is 1. The van der Waals surface area contributed by atoms with Crippen molar-refractivity contribution >= 4 is 39.9 Å². The fourth-order valence-corrected chi connectivity index (χ4v) is 2.30. The Morgan fingerprint density at radius 3 is 2.88 bits per heavy atom. The minimum atomic E-state index is -0.0262. The van der Waals surface area contributed by atoms with Gasteiger partial charge in [-0.25, -0.2) is 4.98 Å². The van der Waals surface area contributed by atoms with Crippen molar-refractivity contribution in [1.82, 2.24) is 10.3 Å². The average molecular weight is 272 g/mol. The van der Waals surface area contributed by atoms with Crippen LogP contribution in [-0.2, 0) is 11.3 Å². The molecule has 0 aliphatic rings. The smallest absolute Gasteiger partial charge is 0.221 e. The van der Waals surface area contributed by atoms with E-state index in [4.69, 9.17) is 5.73 Å². The molecule has 0 radical (unpaired) electrons. The van der Waals surface area contributed by atoms with Crippen LogP contribution in [0.15, 0.2) is 24.3 Å². The highest BCUT2D eigenvalue weighted by atomic mass is 35.5. The Morgan fingerprint density at radius 1 is 1.41 bits per heavy atom. The second-order valence-corrected chi connectivity index (χ2v) is 4.51. The van der Waals surface area contributed by atoms with Crippen LogP contribution in [0.3, 0.4) is 0 Å². The van der Waals surface area contributed by atoms with Crippen molar-refractivity contribution in [3.05, 3.63) is 29.3 Å². The van der Waals surface area contributed by atoms with Gasteiger partial charge >= 0.3 is 0 Å². The van der Waals surface area contributed by atoms with Crippen LogP contribution in [0.5, 0.6) is 0 Å². The first-order valence-electron chi connectivity index (χ1n) is 5.11. The fraction of sp³-hybridized carbons (Fsp3) is 0.273. The summed E-state index contributed by atoms with van der Waals surface area (Å²) in [5, 5.41) is 3.71. The van der Waals surface area contributed by atoms with Crippen LogP contribution in [0.1, 0.15) is 11.4 Å². The second-order valence-electron chi connectivity index (χ2n) is 3.39. The quantitative estimate of drug-likeness (QED) is 0.889. The summed E-state index contributed by atoms with van der Waals surface area (Å²) in [7, 11) is 0. The number of halogens is 1. The van der Waals surface area contributed by atoms with Crippen LogP contribution in [0.25, 0.3) is 10.2 Å². The third-order valence-electron chi connectivity index (χ3n) is 2.15. The summed E-state index contributed by atoms with van der Waals surface area (Å²) in [6.07, 6.45) is 0.366. The summed E-state index contributed by atoms with van der Waals surface area (Å²) in [5.74, 6) is -0.0262. The third kappa shape index (κ3) is 3.66. The van der Waals surface area contributed by atoms with Gasteiger partial charge in [-0.15, -0.1) is 23.7 Å². The topological polar surface area (TPSA) is 68.0 Å². The van der Waals surface area contributed by atoms with E-state index in [1.54, 1.807) is 11.3 Å². The summed E-state index contributed by atoms with van der Waals surface area (Å²) in [6, 6.07) is 7.94. The monoisotopic (exact) mass is 271 g/mol. The van der Waals surface area contributed by atoms with Crippen molar-refractivity contribution in [3.63, 3.8) is 0 Å². The molecule has 2 rings (SSSR count). The van der Waals surface area contributed by atoms with Crippen LogP contribution in [0.4, 0.5) is 0 Å². The van der Waals surface area contributed by atoms with Gasteiger partial charge in [0.2, 0.25) is 5.91 Å². The van der Waals surface area contributed by atoms with Crippen LogP contribution >= 0.6 is 23.7 Å². The molecule has 0 saturated heterocycles. The first-order valence-corrected chi connectivity index (χ1v) is 5.92. The zero-order chi connectivity index (χ0) is 11.4. The zero-order valence-electron chi connectivity index (χ0n) is 9.18. The van der Waals surface area contributed by atoms with Crippen LogP contribution in [-0.4, -0.2) is 17.4 Å². The van der Waals surface area contributed by atoms with E-state index in [9.17, 15) is 4.79 Å². The molecule has 4 nitrogen and oxygen atoms in total. The van der Waals surface area contributed by atoms with Crippen molar-refractivity contribution in [2.45, 2.75) is 13.0 Å². The van der Waals surface area contributed by atoms with Crippen LogP contribution in [0.2, 0.25) is 0 Å². The van der Waals surface area contributed by atoms with E-state index in [-0.39, 0.29) is 18.3 Å². The molecule has 0 spiro atoms. The maximum atomic E-state index is 11.2. The molecule has 0 fully saturated rings. The lowest BCUT2D eigenvalue weighted by atomic mass is 10.3. The summed E-state index contributed by atoms with van der Waals surface area (Å²) in [5.41, 5.74) is 6.27. The van der Waals surface area contributed by atoms with Gasteiger partial charge < -0.3 is 11.1 Å². The Morgan fingerprint density at radius 2 is 2.18 bits per heavy atom. The van der Waals surface area contributed by atoms with Gasteiger partial charge in [0, 0.05) is 13.0 Å². The number of para-hydroxylation sites is 1. The molecule has 1 aromatic heterocycles. The second kappa shape index (κ2) is 6.54. The number of aromatic nitrogens is 1. The minimum Gasteiger partial charge on any atom is -0.350 e. The molecule has 6 heteroatoms. The molecule has 3 N–H and O–H groups in total. The van der Waals surface area contributed by atoms with E-state index in [0.29, 0.717) is 19.5 Å². The predicted molar refractivity (Wildman–Crippen MR) is 72.4 cm³/mol. The number of hydrogen-bond acceptors (Lipinski definition) is 4. The van der Waals surface area contributed by atoms with Crippen LogP contribution in [0, 0.1) is 0 Å². The molecule has 0 saturated carbocycles. The fourth-order valence-electron chi connectivity index (χ4n) is 1.39. The maximum Gasteiger partial charge on any atom is 0.221 e. The number of nitrogens with two attached hydrogens (primary N) is 1. The van der Waals surface area contributed by atoms with Gasteiger partial charge in [-0.1, -0.05) is 12.1 Å². The van der Waals surface area contributed by atoms with Crippen LogP contribution < -0.4 is 11.1 Å². The molecular formula is C11H14ClN3OS. The minimum absolute atomic E-state index is 0. The van der Waals surface area contributed by atoms with E-state index < -0.39 is 0 Å². The lowest BCUT2D eigenvalue weighted by Crippen LogP contribution is -2.24. The van der Waals surface area contributed by atoms with Crippen molar-refractivity contribution in [2.24, 2.45) is 5.73 Å². The Balaban J connectivity index is 0.00000144. The molecule has 92 valence electrons. The summed E-state index contributed by atoms with van der Waals surface area (Å²) < 4.78 is 1.14. The molecule has 1 aromatic carbocycles. The van der Waals surface area contributed by atoms with E-state index in [0.717, 1.165) is 15.2 Å². The Kier molecular flexibility index (Phi) is 5.34. The number of rotatable bonds is 4. The van der Waals surface area contributed by atoms with Crippen molar-refractivity contribution in [2.75, 3.05) is 6.54 Å². The highest BCUT2D eigenvalue weighted by molar-refractivity contribution is 7.18. The molecular weight excluding hydrogens is 258 g/mol. The highest BCUT2D eigenvalue weighted by Gasteiger charge is 2.04. The third-order valence-corrected chi connectivity index (χ3v) is 3.18. The molecule has 0 atom stereocenters. The number of fused-ring (bicyclic) bond motifs is 1. The van der Waals surface area contributed by atoms with E-state index >= 15 is 0 Å². The van der Waals surface area contributed by atoms with Gasteiger partial charge in [-0.2, -0.15) is 0 Å². The van der Waals surface area contributed by atoms with Gasteiger partial charge in [0.05, 0.1) is 16.8 Å². The summed E-state index contributed by atoms with van der Waals surface area (Å²) >= 11 is 1.60. The van der Waals surface area contributed by atoms with Gasteiger partial charge in [0.15, 0.2) is 0 Å². The SMILES string of the molecule is Cl.NCCC(=O)NCc1nc2ccccc2s1. The number of nitrogens with zero attached hydrogens (tertiary/aromatic N) is 1. The lowest BCUT2D eigenvalue weighted by molar-refractivity contribution is -0.121. The molecule has 0 aliphatic carbocycles. The van der Waals surface area contributed by atoms with E-state index in [1.807, 2.05) is 24.3 Å². The molecule has 0 unspecified atom stereocenters. The first kappa shape index (κ1) is 13.9. The Hall–Kier alpha value is -1.17. The van der Waals surface area contributed by atoms with Gasteiger partial charge in [0.25, 0.3) is 0 Å². The Labute approximate surface area is 110 Å². The standard InChI is InChI=1S/C11H13N3OS.ClH/c12-6-5-10(15)13-7-11-14-8-3-1-2-4-9(8)16-11;/h1-4H,5-7,12H2,(H,13,15);1H. The molecule has 17 heavy (non-hydrogen) atoms. The van der Waals surface area contributed by atoms with E-state index in [2.05, 4.69) is 10.3 Å². The number of carbonyl (C=O) groups is 1. The van der Waals surface area contributed by atoms with Crippen molar-refractivity contribution in [3.8, 4) is 0 Å². The molecule has 1 heterocycles. The predicted octanol–water partition coefficient (Wildman–Crippen LogP) is 1.68. The largest absolute Gasteiger partial charge is 0.350 e. The zero-order valence-corrected chi connectivity index (χ0v) is 10.8. The molecule has 1 amide bonds.